The fourth-order valence-electron chi connectivity index (χ4n) is 4.37. The molecule has 0 atom stereocenters. The Kier molecular flexibility index (Phi) is 6.69. The van der Waals surface area contributed by atoms with Crippen molar-refractivity contribution in [3.05, 3.63) is 46.7 Å². The second-order valence-electron chi connectivity index (χ2n) is 7.97. The van der Waals surface area contributed by atoms with E-state index in [0.717, 1.165) is 70.3 Å². The molecule has 7 heteroatoms. The Morgan fingerprint density at radius 3 is 2.41 bits per heavy atom. The Labute approximate surface area is 177 Å². The van der Waals surface area contributed by atoms with Crippen LogP contribution in [-0.2, 0) is 11.3 Å². The maximum Gasteiger partial charge on any atom is 0.278 e. The highest BCUT2D eigenvalue weighted by Gasteiger charge is 2.29. The Morgan fingerprint density at radius 2 is 1.72 bits per heavy atom. The lowest BCUT2D eigenvalue weighted by Crippen LogP contribution is -3.16. The average molecular weight is 417 g/mol. The van der Waals surface area contributed by atoms with Crippen molar-refractivity contribution in [3.63, 3.8) is 0 Å². The first-order valence-electron chi connectivity index (χ1n) is 10.6. The van der Waals surface area contributed by atoms with Crippen molar-refractivity contribution in [2.45, 2.75) is 6.54 Å². The molecule has 2 fully saturated rings. The van der Waals surface area contributed by atoms with Crippen molar-refractivity contribution in [2.75, 3.05) is 70.9 Å². The quantitative estimate of drug-likeness (QED) is 0.660. The normalized spacial score (nSPS) is 18.8. The zero-order valence-electron chi connectivity index (χ0n) is 17.2. The Hall–Kier alpha value is -2.09. The van der Waals surface area contributed by atoms with Gasteiger partial charge in [0, 0.05) is 0 Å². The van der Waals surface area contributed by atoms with Gasteiger partial charge in [0.1, 0.15) is 12.3 Å². The number of rotatable bonds is 6. The number of nitrogens with one attached hydrogen (secondary N) is 2. The van der Waals surface area contributed by atoms with Gasteiger partial charge in [-0.1, -0.05) is 18.2 Å². The lowest BCUT2D eigenvalue weighted by atomic mass is 10.2. The van der Waals surface area contributed by atoms with Crippen molar-refractivity contribution in [1.82, 2.24) is 4.90 Å². The third-order valence-electron chi connectivity index (χ3n) is 6.13. The zero-order valence-corrected chi connectivity index (χ0v) is 18.0. The predicted octanol–water partition coefficient (Wildman–Crippen LogP) is -0.611. The number of hydrogen-bond donors (Lipinski definition) is 2. The standard InChI is InChI=1S/C22H30N4O2S/c1-28-21-7-3-2-6-20(21)25-12-8-24(9-13-25)18-22(27)26-14-10-23(11-15-26)17-19-5-4-16-29-19/h2-7,16H,8-15,17-18H2,1H3/p+2. The molecule has 2 aliphatic rings. The van der Waals surface area contributed by atoms with E-state index in [1.54, 1.807) is 12.0 Å². The lowest BCUT2D eigenvalue weighted by molar-refractivity contribution is -0.917. The largest absolute Gasteiger partial charge is 0.495 e. The number of anilines is 1. The second-order valence-corrected chi connectivity index (χ2v) is 9.00. The molecule has 6 nitrogen and oxygen atoms in total. The molecule has 4 rings (SSSR count). The molecule has 0 unspecified atom stereocenters. The maximum absolute atomic E-state index is 12.8. The van der Waals surface area contributed by atoms with Gasteiger partial charge in [0.05, 0.1) is 70.0 Å². The highest BCUT2D eigenvalue weighted by Crippen LogP contribution is 2.27. The molecule has 0 spiro atoms. The average Bonchev–Trinajstić information content (AvgIpc) is 3.28. The number of piperazine rings is 2. The van der Waals surface area contributed by atoms with E-state index in [9.17, 15) is 4.79 Å². The number of para-hydroxylation sites is 2. The van der Waals surface area contributed by atoms with Crippen LogP contribution in [0.4, 0.5) is 5.69 Å². The summed E-state index contributed by atoms with van der Waals surface area (Å²) in [6, 6.07) is 12.5. The van der Waals surface area contributed by atoms with Crippen LogP contribution in [-0.4, -0.2) is 76.8 Å². The monoisotopic (exact) mass is 416 g/mol. The zero-order chi connectivity index (χ0) is 20.1. The van der Waals surface area contributed by atoms with Gasteiger partial charge in [-0.2, -0.15) is 0 Å². The summed E-state index contributed by atoms with van der Waals surface area (Å²) >= 11 is 1.83. The molecule has 3 heterocycles. The summed E-state index contributed by atoms with van der Waals surface area (Å²) in [6.07, 6.45) is 0. The van der Waals surface area contributed by atoms with Crippen molar-refractivity contribution in [2.24, 2.45) is 0 Å². The van der Waals surface area contributed by atoms with Crippen LogP contribution in [0.25, 0.3) is 0 Å². The number of carbonyl (C=O) groups is 1. The molecule has 1 aromatic carbocycles. The number of quaternary nitrogens is 2. The van der Waals surface area contributed by atoms with Gasteiger partial charge in [-0.15, -0.1) is 11.3 Å². The van der Waals surface area contributed by atoms with Crippen LogP contribution in [0.15, 0.2) is 41.8 Å². The second kappa shape index (κ2) is 9.61. The molecular weight excluding hydrogens is 384 g/mol. The molecule has 1 amide bonds. The predicted molar refractivity (Wildman–Crippen MR) is 116 cm³/mol. The molecular formula is C22H32N4O2S+2. The molecule has 2 saturated heterocycles. The third-order valence-corrected chi connectivity index (χ3v) is 7.00. The minimum atomic E-state index is 0.320. The summed E-state index contributed by atoms with van der Waals surface area (Å²) in [5.41, 5.74) is 1.16. The third kappa shape index (κ3) is 5.10. The summed E-state index contributed by atoms with van der Waals surface area (Å²) in [4.78, 5) is 21.7. The maximum atomic E-state index is 12.8. The van der Waals surface area contributed by atoms with Crippen LogP contribution >= 0.6 is 11.3 Å². The van der Waals surface area contributed by atoms with E-state index in [1.165, 1.54) is 9.78 Å². The summed E-state index contributed by atoms with van der Waals surface area (Å²) in [5.74, 6) is 1.25. The number of benzene rings is 1. The number of amides is 1. The molecule has 2 N–H and O–H groups in total. The van der Waals surface area contributed by atoms with Crippen LogP contribution in [0.2, 0.25) is 0 Å². The molecule has 2 aliphatic heterocycles. The Bertz CT molecular complexity index is 782. The summed E-state index contributed by atoms with van der Waals surface area (Å²) in [6.45, 7) is 9.52. The molecule has 0 saturated carbocycles. The van der Waals surface area contributed by atoms with E-state index < -0.39 is 0 Å². The number of nitrogens with zero attached hydrogens (tertiary/aromatic N) is 2. The summed E-state index contributed by atoms with van der Waals surface area (Å²) in [7, 11) is 1.72. The van der Waals surface area contributed by atoms with Crippen LogP contribution < -0.4 is 19.4 Å². The van der Waals surface area contributed by atoms with Gasteiger partial charge in [0.25, 0.3) is 5.91 Å². The molecule has 0 radical (unpaired) electrons. The number of thiophene rings is 1. The SMILES string of the molecule is COc1ccccc1N1CC[NH+](CC(=O)N2CC[NH+](Cc3cccs3)CC2)CC1. The van der Waals surface area contributed by atoms with Gasteiger partial charge in [-0.05, 0) is 23.6 Å². The number of methoxy groups -OCH3 is 1. The Morgan fingerprint density at radius 1 is 1.00 bits per heavy atom. The number of carbonyl (C=O) groups excluding carboxylic acids is 1. The first kappa shape index (κ1) is 20.2. The van der Waals surface area contributed by atoms with Gasteiger partial charge in [-0.3, -0.25) is 4.79 Å². The fourth-order valence-corrected chi connectivity index (χ4v) is 5.14. The highest BCUT2D eigenvalue weighted by molar-refractivity contribution is 7.09. The molecule has 29 heavy (non-hydrogen) atoms. The fraction of sp³-hybridized carbons (Fsp3) is 0.500. The lowest BCUT2D eigenvalue weighted by Gasteiger charge is -2.36. The van der Waals surface area contributed by atoms with Crippen LogP contribution in [0.1, 0.15) is 4.88 Å². The van der Waals surface area contributed by atoms with E-state index in [4.69, 9.17) is 4.74 Å². The number of ether oxygens (including phenoxy) is 1. The van der Waals surface area contributed by atoms with Gasteiger partial charge in [0.15, 0.2) is 6.54 Å². The smallest absolute Gasteiger partial charge is 0.278 e. The van der Waals surface area contributed by atoms with Crippen molar-refractivity contribution < 1.29 is 19.3 Å². The van der Waals surface area contributed by atoms with Crippen molar-refractivity contribution >= 4 is 22.9 Å². The molecule has 0 aliphatic carbocycles. The van der Waals surface area contributed by atoms with Crippen LogP contribution in [0.5, 0.6) is 5.75 Å². The van der Waals surface area contributed by atoms with Gasteiger partial charge < -0.3 is 24.3 Å². The van der Waals surface area contributed by atoms with E-state index in [-0.39, 0.29) is 0 Å². The van der Waals surface area contributed by atoms with E-state index in [2.05, 4.69) is 39.4 Å². The highest BCUT2D eigenvalue weighted by atomic mass is 32.1. The van der Waals surface area contributed by atoms with Crippen molar-refractivity contribution in [3.8, 4) is 5.75 Å². The first-order chi connectivity index (χ1) is 14.2. The Balaban J connectivity index is 1.21. The first-order valence-corrected chi connectivity index (χ1v) is 11.5. The van der Waals surface area contributed by atoms with E-state index >= 15 is 0 Å². The molecule has 0 bridgehead atoms. The van der Waals surface area contributed by atoms with Gasteiger partial charge >= 0.3 is 0 Å². The summed E-state index contributed by atoms with van der Waals surface area (Å²) < 4.78 is 5.50. The molecule has 156 valence electrons. The topological polar surface area (TPSA) is 41.7 Å². The minimum Gasteiger partial charge on any atom is -0.495 e. The van der Waals surface area contributed by atoms with Crippen LogP contribution in [0.3, 0.4) is 0 Å². The van der Waals surface area contributed by atoms with E-state index in [1.807, 2.05) is 23.5 Å². The minimum absolute atomic E-state index is 0.320. The number of hydrogen-bond acceptors (Lipinski definition) is 4. The van der Waals surface area contributed by atoms with Crippen molar-refractivity contribution in [1.29, 1.82) is 0 Å². The molecule has 1 aromatic heterocycles. The van der Waals surface area contributed by atoms with Gasteiger partial charge in [-0.25, -0.2) is 0 Å². The summed E-state index contributed by atoms with van der Waals surface area (Å²) in [5, 5.41) is 2.14. The van der Waals surface area contributed by atoms with Gasteiger partial charge in [0.2, 0.25) is 0 Å². The molecule has 2 aromatic rings. The van der Waals surface area contributed by atoms with E-state index in [0.29, 0.717) is 12.5 Å². The van der Waals surface area contributed by atoms with Crippen LogP contribution in [0, 0.1) is 0 Å².